The SMILES string of the molecule is O=C1c2oc3ccc(Br)cc3c(=O)c2C(c2ccc(Cl)cc2)N1c1nccs1. The molecule has 1 aliphatic heterocycles. The van der Waals surface area contributed by atoms with E-state index in [1.807, 2.05) is 0 Å². The van der Waals surface area contributed by atoms with E-state index in [4.69, 9.17) is 16.0 Å². The van der Waals surface area contributed by atoms with Gasteiger partial charge in [0.05, 0.1) is 17.0 Å². The molecule has 3 heterocycles. The highest BCUT2D eigenvalue weighted by molar-refractivity contribution is 9.10. The van der Waals surface area contributed by atoms with Gasteiger partial charge < -0.3 is 4.42 Å². The molecule has 1 aliphatic rings. The average Bonchev–Trinajstić information content (AvgIpc) is 3.30. The van der Waals surface area contributed by atoms with E-state index in [1.165, 1.54) is 16.2 Å². The molecule has 1 unspecified atom stereocenters. The van der Waals surface area contributed by atoms with Crippen molar-refractivity contribution < 1.29 is 9.21 Å². The third-order valence-electron chi connectivity index (χ3n) is 4.64. The largest absolute Gasteiger partial charge is 0.450 e. The van der Waals surface area contributed by atoms with Crippen LogP contribution in [-0.2, 0) is 0 Å². The lowest BCUT2D eigenvalue weighted by molar-refractivity contribution is 0.0971. The molecule has 0 bridgehead atoms. The topological polar surface area (TPSA) is 63.4 Å². The third kappa shape index (κ3) is 2.62. The number of benzene rings is 2. The summed E-state index contributed by atoms with van der Waals surface area (Å²) in [6, 6.07) is 11.6. The van der Waals surface area contributed by atoms with Crippen LogP contribution < -0.4 is 10.3 Å². The van der Waals surface area contributed by atoms with Crippen molar-refractivity contribution in [2.24, 2.45) is 0 Å². The number of thiazole rings is 1. The number of fused-ring (bicyclic) bond motifs is 2. The maximum Gasteiger partial charge on any atom is 0.297 e. The first-order chi connectivity index (χ1) is 13.5. The second-order valence-electron chi connectivity index (χ2n) is 6.26. The van der Waals surface area contributed by atoms with Gasteiger partial charge in [-0.05, 0) is 35.9 Å². The minimum Gasteiger partial charge on any atom is -0.450 e. The van der Waals surface area contributed by atoms with Crippen LogP contribution in [0.1, 0.15) is 27.7 Å². The molecule has 0 N–H and O–H groups in total. The number of halogens is 2. The van der Waals surface area contributed by atoms with Gasteiger partial charge in [0.2, 0.25) is 5.76 Å². The van der Waals surface area contributed by atoms with Crippen LogP contribution in [0.5, 0.6) is 0 Å². The first-order valence-electron chi connectivity index (χ1n) is 8.29. The van der Waals surface area contributed by atoms with Crippen LogP contribution in [0, 0.1) is 0 Å². The van der Waals surface area contributed by atoms with Crippen LogP contribution in [0.4, 0.5) is 5.13 Å². The quantitative estimate of drug-likeness (QED) is 0.390. The number of carbonyl (C=O) groups excluding carboxylic acids is 1. The summed E-state index contributed by atoms with van der Waals surface area (Å²) in [4.78, 5) is 32.4. The van der Waals surface area contributed by atoms with E-state index >= 15 is 0 Å². The number of carbonyl (C=O) groups is 1. The van der Waals surface area contributed by atoms with E-state index in [1.54, 1.807) is 54.0 Å². The Hall–Kier alpha value is -2.48. The third-order valence-corrected chi connectivity index (χ3v) is 6.16. The smallest absolute Gasteiger partial charge is 0.297 e. The number of hydrogen-bond donors (Lipinski definition) is 0. The lowest BCUT2D eigenvalue weighted by atomic mass is 9.99. The normalized spacial score (nSPS) is 16.0. The summed E-state index contributed by atoms with van der Waals surface area (Å²) in [6.07, 6.45) is 1.62. The molecule has 1 amide bonds. The highest BCUT2D eigenvalue weighted by Gasteiger charge is 2.44. The number of hydrogen-bond acceptors (Lipinski definition) is 5. The molecule has 4 aromatic rings. The molecule has 1 atom stereocenters. The van der Waals surface area contributed by atoms with E-state index < -0.39 is 6.04 Å². The molecular weight excluding hydrogens is 464 g/mol. The maximum absolute atomic E-state index is 13.4. The summed E-state index contributed by atoms with van der Waals surface area (Å²) in [5.74, 6) is -0.332. The molecule has 28 heavy (non-hydrogen) atoms. The van der Waals surface area contributed by atoms with Crippen LogP contribution in [0.15, 0.2) is 67.7 Å². The van der Waals surface area contributed by atoms with Gasteiger partial charge in [-0.25, -0.2) is 4.98 Å². The first kappa shape index (κ1) is 17.6. The molecule has 2 aromatic carbocycles. The molecule has 2 aromatic heterocycles. The maximum atomic E-state index is 13.4. The van der Waals surface area contributed by atoms with Gasteiger partial charge in [0.15, 0.2) is 10.6 Å². The summed E-state index contributed by atoms with van der Waals surface area (Å²) < 4.78 is 6.66. The van der Waals surface area contributed by atoms with Gasteiger partial charge in [-0.2, -0.15) is 0 Å². The Bertz CT molecular complexity index is 1290. The zero-order valence-corrected chi connectivity index (χ0v) is 17.2. The van der Waals surface area contributed by atoms with E-state index in [0.29, 0.717) is 26.7 Å². The predicted molar refractivity (Wildman–Crippen MR) is 112 cm³/mol. The van der Waals surface area contributed by atoms with Gasteiger partial charge in [0, 0.05) is 21.1 Å². The standard InChI is InChI=1S/C20H10BrClN2O3S/c21-11-3-6-14-13(9-11)17(25)15-16(10-1-4-12(22)5-2-10)24(19(26)18(15)27-14)20-23-7-8-28-20/h1-9,16H. The van der Waals surface area contributed by atoms with E-state index in [9.17, 15) is 9.59 Å². The Labute approximate surface area is 176 Å². The molecule has 0 aliphatic carbocycles. The minimum atomic E-state index is -0.634. The fraction of sp³-hybridized carbons (Fsp3) is 0.0500. The molecule has 5 nitrogen and oxygen atoms in total. The van der Waals surface area contributed by atoms with Crippen LogP contribution in [0.25, 0.3) is 11.0 Å². The van der Waals surface area contributed by atoms with E-state index in [-0.39, 0.29) is 17.1 Å². The number of amides is 1. The Morgan fingerprint density at radius 3 is 2.64 bits per heavy atom. The Kier molecular flexibility index (Phi) is 4.12. The lowest BCUT2D eigenvalue weighted by Gasteiger charge is -2.22. The predicted octanol–water partition coefficient (Wildman–Crippen LogP) is 5.42. The molecule has 0 saturated carbocycles. The van der Waals surface area contributed by atoms with Crippen molar-refractivity contribution in [1.82, 2.24) is 4.98 Å². The molecule has 0 radical (unpaired) electrons. The Morgan fingerprint density at radius 1 is 1.14 bits per heavy atom. The highest BCUT2D eigenvalue weighted by Crippen LogP contribution is 2.42. The summed E-state index contributed by atoms with van der Waals surface area (Å²) >= 11 is 10.7. The summed E-state index contributed by atoms with van der Waals surface area (Å²) in [5.41, 5.74) is 1.21. The minimum absolute atomic E-state index is 0.0509. The van der Waals surface area contributed by atoms with Crippen molar-refractivity contribution in [3.63, 3.8) is 0 Å². The molecule has 8 heteroatoms. The molecular formula is C20H10BrClN2O3S. The van der Waals surface area contributed by atoms with Crippen molar-refractivity contribution in [3.8, 4) is 0 Å². The summed E-state index contributed by atoms with van der Waals surface area (Å²) in [6.45, 7) is 0. The van der Waals surface area contributed by atoms with Gasteiger partial charge in [-0.3, -0.25) is 14.5 Å². The monoisotopic (exact) mass is 472 g/mol. The highest BCUT2D eigenvalue weighted by atomic mass is 79.9. The first-order valence-corrected chi connectivity index (χ1v) is 10.3. The second kappa shape index (κ2) is 6.55. The zero-order valence-electron chi connectivity index (χ0n) is 14.1. The van der Waals surface area contributed by atoms with Crippen molar-refractivity contribution in [1.29, 1.82) is 0 Å². The summed E-state index contributed by atoms with van der Waals surface area (Å²) in [7, 11) is 0. The van der Waals surface area contributed by atoms with Crippen LogP contribution in [-0.4, -0.2) is 10.9 Å². The second-order valence-corrected chi connectivity index (χ2v) is 8.48. The lowest BCUT2D eigenvalue weighted by Crippen LogP contribution is -2.29. The fourth-order valence-electron chi connectivity index (χ4n) is 3.44. The van der Waals surface area contributed by atoms with Gasteiger partial charge in [-0.1, -0.05) is 39.7 Å². The number of rotatable bonds is 2. The number of aromatic nitrogens is 1. The van der Waals surface area contributed by atoms with Gasteiger partial charge >= 0.3 is 0 Å². The Morgan fingerprint density at radius 2 is 1.93 bits per heavy atom. The molecule has 0 spiro atoms. The molecule has 0 saturated heterocycles. The number of anilines is 1. The van der Waals surface area contributed by atoms with Gasteiger partial charge in [-0.15, -0.1) is 11.3 Å². The molecule has 138 valence electrons. The van der Waals surface area contributed by atoms with Crippen molar-refractivity contribution in [2.45, 2.75) is 6.04 Å². The van der Waals surface area contributed by atoms with Crippen molar-refractivity contribution >= 4 is 60.9 Å². The summed E-state index contributed by atoms with van der Waals surface area (Å²) in [5, 5.41) is 3.28. The molecule has 0 fully saturated rings. The fourth-order valence-corrected chi connectivity index (χ4v) is 4.59. The zero-order chi connectivity index (χ0) is 19.4. The Balaban J connectivity index is 1.83. The number of nitrogens with zero attached hydrogens (tertiary/aromatic N) is 2. The van der Waals surface area contributed by atoms with Crippen LogP contribution in [0.3, 0.4) is 0 Å². The van der Waals surface area contributed by atoms with Crippen molar-refractivity contribution in [3.05, 3.63) is 90.6 Å². The van der Waals surface area contributed by atoms with Crippen molar-refractivity contribution in [2.75, 3.05) is 4.90 Å². The van der Waals surface area contributed by atoms with Gasteiger partial charge in [0.25, 0.3) is 5.91 Å². The van der Waals surface area contributed by atoms with Crippen LogP contribution >= 0.6 is 38.9 Å². The molecule has 5 rings (SSSR count). The van der Waals surface area contributed by atoms with E-state index in [0.717, 1.165) is 10.0 Å². The van der Waals surface area contributed by atoms with Gasteiger partial charge in [0.1, 0.15) is 5.58 Å². The van der Waals surface area contributed by atoms with Crippen LogP contribution in [0.2, 0.25) is 5.02 Å². The average molecular weight is 474 g/mol. The van der Waals surface area contributed by atoms with E-state index in [2.05, 4.69) is 20.9 Å².